The molecule has 0 nitrogen and oxygen atoms in total. The van der Waals surface area contributed by atoms with Gasteiger partial charge in [0.2, 0.25) is 0 Å². The normalized spacial score (nSPS) is 18.4. The Hall–Kier alpha value is 0. The highest BCUT2D eigenvalue weighted by atomic mass is 14.2. The van der Waals surface area contributed by atoms with Crippen LogP contribution >= 0.6 is 0 Å². The molecule has 0 unspecified atom stereocenters. The molecule has 170 valence electrons. The fourth-order valence-corrected chi connectivity index (χ4v) is 5.62. The van der Waals surface area contributed by atoms with Gasteiger partial charge in [-0.05, 0) is 61.2 Å². The van der Waals surface area contributed by atoms with Gasteiger partial charge in [-0.25, -0.2) is 0 Å². The summed E-state index contributed by atoms with van der Waals surface area (Å²) in [6.45, 7) is 19.5. The monoisotopic (exact) mass is 394 g/mol. The van der Waals surface area contributed by atoms with Crippen LogP contribution in [0.3, 0.4) is 0 Å². The van der Waals surface area contributed by atoms with Crippen molar-refractivity contribution in [3.8, 4) is 0 Å². The second-order valence-electron chi connectivity index (χ2n) is 11.1. The van der Waals surface area contributed by atoms with Crippen LogP contribution in [0.1, 0.15) is 145 Å². The summed E-state index contributed by atoms with van der Waals surface area (Å²) >= 11 is 0. The minimum atomic E-state index is 0.906. The van der Waals surface area contributed by atoms with E-state index >= 15 is 0 Å². The van der Waals surface area contributed by atoms with Crippen molar-refractivity contribution in [1.82, 2.24) is 0 Å². The van der Waals surface area contributed by atoms with Gasteiger partial charge in [0.15, 0.2) is 0 Å². The molecular weight excluding hydrogens is 336 g/mol. The maximum Gasteiger partial charge on any atom is -0.0438 e. The summed E-state index contributed by atoms with van der Waals surface area (Å²) in [5.41, 5.74) is 0. The van der Waals surface area contributed by atoms with Gasteiger partial charge in [-0.15, -0.1) is 0 Å². The molecule has 0 rings (SSSR count). The first kappa shape index (κ1) is 28.0. The van der Waals surface area contributed by atoms with Crippen molar-refractivity contribution >= 4 is 0 Å². The number of hydrogen-bond acceptors (Lipinski definition) is 0. The quantitative estimate of drug-likeness (QED) is 0.191. The number of hydrogen-bond donors (Lipinski definition) is 0. The average molecular weight is 395 g/mol. The van der Waals surface area contributed by atoms with Crippen LogP contribution < -0.4 is 0 Å². The molecule has 0 saturated carbocycles. The third kappa shape index (κ3) is 16.9. The summed E-state index contributed by atoms with van der Waals surface area (Å²) < 4.78 is 0. The Morgan fingerprint density at radius 3 is 1.14 bits per heavy atom. The zero-order valence-electron chi connectivity index (χ0n) is 21.4. The lowest BCUT2D eigenvalue weighted by Crippen LogP contribution is -2.10. The van der Waals surface area contributed by atoms with Crippen LogP contribution in [0.2, 0.25) is 0 Å². The van der Waals surface area contributed by atoms with Gasteiger partial charge in [0, 0.05) is 0 Å². The van der Waals surface area contributed by atoms with Crippen LogP contribution in [0, 0.1) is 35.5 Å². The third-order valence-electron chi connectivity index (χ3n) is 6.94. The van der Waals surface area contributed by atoms with Gasteiger partial charge in [0.1, 0.15) is 0 Å². The molecule has 0 aliphatic carbocycles. The Kier molecular flexibility index (Phi) is 17.8. The molecule has 0 amide bonds. The molecule has 6 atom stereocenters. The van der Waals surface area contributed by atoms with Crippen LogP contribution in [-0.4, -0.2) is 0 Å². The van der Waals surface area contributed by atoms with Gasteiger partial charge in [-0.3, -0.25) is 0 Å². The van der Waals surface area contributed by atoms with Gasteiger partial charge in [0.05, 0.1) is 0 Å². The standard InChI is InChI=1S/C28H58/c1-9-11-16-24(4)19-25(5)17-13-12-14-18-26(6)21-28(8)22-27(7)20-23(3)15-10-2/h23-28H,9-22H2,1-8H3/t23-,24+,25-,26-,27+,28+/m0/s1. The summed E-state index contributed by atoms with van der Waals surface area (Å²) in [6, 6.07) is 0. The summed E-state index contributed by atoms with van der Waals surface area (Å²) in [6.07, 6.45) is 20.0. The first-order chi connectivity index (χ1) is 13.3. The molecule has 0 fully saturated rings. The Bertz CT molecular complexity index is 320. The van der Waals surface area contributed by atoms with E-state index in [1.54, 1.807) is 0 Å². The molecular formula is C28H58. The molecule has 0 radical (unpaired) electrons. The van der Waals surface area contributed by atoms with E-state index in [0.717, 1.165) is 35.5 Å². The van der Waals surface area contributed by atoms with Crippen LogP contribution in [0.25, 0.3) is 0 Å². The fraction of sp³-hybridized carbons (Fsp3) is 1.00. The van der Waals surface area contributed by atoms with E-state index in [0.29, 0.717) is 0 Å². The molecule has 0 heteroatoms. The van der Waals surface area contributed by atoms with Gasteiger partial charge in [-0.1, -0.05) is 120 Å². The molecule has 0 N–H and O–H groups in total. The van der Waals surface area contributed by atoms with Gasteiger partial charge in [-0.2, -0.15) is 0 Å². The SMILES string of the molecule is CCCC[C@@H](C)C[C@@H](C)CCCCC[C@H](C)C[C@@H](C)C[C@H](C)C[C@@H](C)CCC. The average Bonchev–Trinajstić information content (AvgIpc) is 2.59. The minimum absolute atomic E-state index is 0.906. The lowest BCUT2D eigenvalue weighted by molar-refractivity contribution is 0.292. The van der Waals surface area contributed by atoms with E-state index in [2.05, 4.69) is 55.4 Å². The van der Waals surface area contributed by atoms with Crippen molar-refractivity contribution in [2.24, 2.45) is 35.5 Å². The molecule has 0 saturated heterocycles. The molecule has 28 heavy (non-hydrogen) atoms. The summed E-state index contributed by atoms with van der Waals surface area (Å²) in [7, 11) is 0. The lowest BCUT2D eigenvalue weighted by Gasteiger charge is -2.23. The van der Waals surface area contributed by atoms with E-state index < -0.39 is 0 Å². The van der Waals surface area contributed by atoms with E-state index in [-0.39, 0.29) is 0 Å². The molecule has 0 aromatic heterocycles. The second-order valence-corrected chi connectivity index (χ2v) is 11.1. The lowest BCUT2D eigenvalue weighted by atomic mass is 9.83. The van der Waals surface area contributed by atoms with E-state index in [4.69, 9.17) is 0 Å². The van der Waals surface area contributed by atoms with Crippen molar-refractivity contribution in [2.45, 2.75) is 145 Å². The molecule has 0 heterocycles. The zero-order valence-corrected chi connectivity index (χ0v) is 21.4. The third-order valence-corrected chi connectivity index (χ3v) is 6.94. The minimum Gasteiger partial charge on any atom is -0.0654 e. The Morgan fingerprint density at radius 1 is 0.357 bits per heavy atom. The Morgan fingerprint density at radius 2 is 0.714 bits per heavy atom. The largest absolute Gasteiger partial charge is 0.0654 e. The fourth-order valence-electron chi connectivity index (χ4n) is 5.62. The molecule has 0 aromatic carbocycles. The molecule has 0 aliphatic rings. The topological polar surface area (TPSA) is 0 Å². The Labute approximate surface area is 181 Å². The van der Waals surface area contributed by atoms with Crippen LogP contribution in [-0.2, 0) is 0 Å². The summed E-state index contributed by atoms with van der Waals surface area (Å²) in [4.78, 5) is 0. The predicted molar refractivity (Wildman–Crippen MR) is 131 cm³/mol. The first-order valence-electron chi connectivity index (χ1n) is 13.3. The van der Waals surface area contributed by atoms with Gasteiger partial charge in [0.25, 0.3) is 0 Å². The molecule has 0 spiro atoms. The maximum atomic E-state index is 2.50. The molecule has 0 bridgehead atoms. The van der Waals surface area contributed by atoms with Crippen molar-refractivity contribution < 1.29 is 0 Å². The van der Waals surface area contributed by atoms with Crippen molar-refractivity contribution in [3.05, 3.63) is 0 Å². The van der Waals surface area contributed by atoms with E-state index in [1.807, 2.05) is 0 Å². The first-order valence-corrected chi connectivity index (χ1v) is 13.3. The number of rotatable bonds is 19. The van der Waals surface area contributed by atoms with Crippen molar-refractivity contribution in [1.29, 1.82) is 0 Å². The van der Waals surface area contributed by atoms with Crippen LogP contribution in [0.15, 0.2) is 0 Å². The van der Waals surface area contributed by atoms with Gasteiger partial charge >= 0.3 is 0 Å². The predicted octanol–water partition coefficient (Wildman–Crippen LogP) is 10.3. The van der Waals surface area contributed by atoms with Crippen LogP contribution in [0.4, 0.5) is 0 Å². The van der Waals surface area contributed by atoms with Crippen molar-refractivity contribution in [2.75, 3.05) is 0 Å². The maximum absolute atomic E-state index is 2.50. The zero-order chi connectivity index (χ0) is 21.4. The van der Waals surface area contributed by atoms with Gasteiger partial charge < -0.3 is 0 Å². The second kappa shape index (κ2) is 17.8. The highest BCUT2D eigenvalue weighted by molar-refractivity contribution is 4.67. The summed E-state index contributed by atoms with van der Waals surface area (Å²) in [5, 5.41) is 0. The summed E-state index contributed by atoms with van der Waals surface area (Å²) in [5.74, 6) is 5.52. The smallest absolute Gasteiger partial charge is 0.0438 e. The van der Waals surface area contributed by atoms with Crippen LogP contribution in [0.5, 0.6) is 0 Å². The highest BCUT2D eigenvalue weighted by Gasteiger charge is 2.15. The Balaban J connectivity index is 3.73. The molecule has 0 aromatic rings. The number of unbranched alkanes of at least 4 members (excludes halogenated alkanes) is 3. The van der Waals surface area contributed by atoms with Crippen molar-refractivity contribution in [3.63, 3.8) is 0 Å². The molecule has 0 aliphatic heterocycles. The van der Waals surface area contributed by atoms with E-state index in [1.165, 1.54) is 89.9 Å². The van der Waals surface area contributed by atoms with E-state index in [9.17, 15) is 0 Å². The highest BCUT2D eigenvalue weighted by Crippen LogP contribution is 2.28.